The van der Waals surface area contributed by atoms with Crippen molar-refractivity contribution < 1.29 is 9.47 Å². The first-order valence-electron chi connectivity index (χ1n) is 10.4. The Kier molecular flexibility index (Phi) is 5.96. The minimum Gasteiger partial charge on any atom is -0.489 e. The Labute approximate surface area is 191 Å². The molecule has 0 N–H and O–H groups in total. The van der Waals surface area contributed by atoms with Gasteiger partial charge in [-0.25, -0.2) is 4.79 Å². The Morgan fingerprint density at radius 3 is 2.36 bits per heavy atom. The Balaban J connectivity index is 1.60. The van der Waals surface area contributed by atoms with Gasteiger partial charge >= 0.3 is 5.69 Å². The van der Waals surface area contributed by atoms with E-state index in [9.17, 15) is 10.1 Å². The van der Waals surface area contributed by atoms with Gasteiger partial charge in [-0.3, -0.25) is 0 Å². The average Bonchev–Trinajstić information content (AvgIpc) is 3.14. The minimum atomic E-state index is -0.326. The van der Waals surface area contributed by atoms with Gasteiger partial charge in [-0.15, -0.1) is 0 Å². The lowest BCUT2D eigenvalue weighted by atomic mass is 10.1. The highest BCUT2D eigenvalue weighted by Crippen LogP contribution is 2.33. The summed E-state index contributed by atoms with van der Waals surface area (Å²) in [6.07, 6.45) is 0. The third-order valence-corrected chi connectivity index (χ3v) is 5.41. The molecule has 0 unspecified atom stereocenters. The number of ether oxygens (including phenoxy) is 2. The molecule has 1 heterocycles. The summed E-state index contributed by atoms with van der Waals surface area (Å²) in [5, 5.41) is 17.1. The molecule has 0 spiro atoms. The summed E-state index contributed by atoms with van der Waals surface area (Å²) in [6, 6.07) is 18.7. The van der Waals surface area contributed by atoms with Crippen LogP contribution in [0.2, 0.25) is 0 Å². The number of para-hydroxylation sites is 1. The molecule has 8 heteroatoms. The molecule has 0 bridgehead atoms. The lowest BCUT2D eigenvalue weighted by molar-refractivity contribution is 0.302. The van der Waals surface area contributed by atoms with E-state index in [4.69, 9.17) is 9.47 Å². The Morgan fingerprint density at radius 2 is 1.64 bits per heavy atom. The first kappa shape index (κ1) is 21.8. The number of nitriles is 1. The first-order chi connectivity index (χ1) is 15.9. The normalized spacial score (nSPS) is 10.6. The summed E-state index contributed by atoms with van der Waals surface area (Å²) in [7, 11) is 1.56. The number of benzene rings is 3. The van der Waals surface area contributed by atoms with Gasteiger partial charge in [-0.2, -0.15) is 14.6 Å². The highest BCUT2D eigenvalue weighted by Gasteiger charge is 2.15. The van der Waals surface area contributed by atoms with Gasteiger partial charge in [0.05, 0.1) is 11.3 Å². The van der Waals surface area contributed by atoms with Crippen molar-refractivity contribution in [1.82, 2.24) is 19.8 Å². The molecule has 0 saturated carbocycles. The van der Waals surface area contributed by atoms with E-state index >= 15 is 0 Å². The summed E-state index contributed by atoms with van der Waals surface area (Å²) >= 11 is 0. The molecule has 0 aliphatic heterocycles. The van der Waals surface area contributed by atoms with E-state index in [-0.39, 0.29) is 12.3 Å². The Bertz CT molecular complexity index is 1430. The number of rotatable bonds is 6. The zero-order valence-electron chi connectivity index (χ0n) is 18.9. The molecule has 4 rings (SSSR count). The highest BCUT2D eigenvalue weighted by molar-refractivity contribution is 5.50. The van der Waals surface area contributed by atoms with Gasteiger partial charge in [0.2, 0.25) is 0 Å². The first-order valence-corrected chi connectivity index (χ1v) is 10.4. The fourth-order valence-corrected chi connectivity index (χ4v) is 3.48. The average molecular weight is 441 g/mol. The molecule has 33 heavy (non-hydrogen) atoms. The number of aryl methyl sites for hydroxylation is 4. The summed E-state index contributed by atoms with van der Waals surface area (Å²) in [5.74, 6) is 1.87. The molecule has 0 amide bonds. The van der Waals surface area contributed by atoms with Crippen LogP contribution in [0.25, 0.3) is 5.69 Å². The van der Waals surface area contributed by atoms with Gasteiger partial charge < -0.3 is 9.47 Å². The van der Waals surface area contributed by atoms with Crippen molar-refractivity contribution in [3.63, 3.8) is 0 Å². The molecular formula is C25H23N5O3. The van der Waals surface area contributed by atoms with Crippen LogP contribution >= 0.6 is 0 Å². The van der Waals surface area contributed by atoms with Crippen LogP contribution in [-0.4, -0.2) is 19.8 Å². The van der Waals surface area contributed by atoms with Crippen molar-refractivity contribution in [3.05, 3.63) is 92.9 Å². The highest BCUT2D eigenvalue weighted by atomic mass is 16.5. The monoisotopic (exact) mass is 441 g/mol. The number of hydrogen-bond acceptors (Lipinski definition) is 6. The number of aromatic nitrogens is 4. The molecule has 0 saturated heterocycles. The third kappa shape index (κ3) is 4.34. The van der Waals surface area contributed by atoms with Gasteiger partial charge in [0.15, 0.2) is 0 Å². The van der Waals surface area contributed by atoms with Crippen LogP contribution in [0.4, 0.5) is 0 Å². The van der Waals surface area contributed by atoms with E-state index in [0.29, 0.717) is 28.5 Å². The molecule has 8 nitrogen and oxygen atoms in total. The van der Waals surface area contributed by atoms with Gasteiger partial charge in [-0.05, 0) is 78.2 Å². The van der Waals surface area contributed by atoms with E-state index in [1.165, 1.54) is 9.36 Å². The van der Waals surface area contributed by atoms with Gasteiger partial charge in [0.1, 0.15) is 29.9 Å². The van der Waals surface area contributed by atoms with Gasteiger partial charge in [0.25, 0.3) is 0 Å². The maximum atomic E-state index is 12.4. The predicted molar refractivity (Wildman–Crippen MR) is 123 cm³/mol. The molecule has 0 atom stereocenters. The fraction of sp³-hybridized carbons (Fsp3) is 0.200. The zero-order chi connectivity index (χ0) is 23.5. The largest absolute Gasteiger partial charge is 0.489 e. The minimum absolute atomic E-state index is 0.253. The standard InChI is InChI=1S/C25H23N5O3/c1-16-8-7-10-21(30-25(31)29(4)27-28-30)20(16)15-32-23-12-18(3)24(13-17(23)2)33-22-11-6-5-9-19(22)14-26/h5-13H,15H2,1-4H3. The summed E-state index contributed by atoms with van der Waals surface area (Å²) < 4.78 is 14.6. The summed E-state index contributed by atoms with van der Waals surface area (Å²) in [5.41, 5.74) is 4.37. The maximum absolute atomic E-state index is 12.4. The van der Waals surface area contributed by atoms with Crippen LogP contribution in [-0.2, 0) is 13.7 Å². The second-order valence-electron chi connectivity index (χ2n) is 7.75. The molecular weight excluding hydrogens is 418 g/mol. The molecule has 0 aliphatic rings. The third-order valence-electron chi connectivity index (χ3n) is 5.41. The van der Waals surface area contributed by atoms with Gasteiger partial charge in [0, 0.05) is 12.6 Å². The van der Waals surface area contributed by atoms with Crippen LogP contribution in [0.5, 0.6) is 17.2 Å². The Morgan fingerprint density at radius 1 is 0.909 bits per heavy atom. The maximum Gasteiger partial charge on any atom is 0.368 e. The smallest absolute Gasteiger partial charge is 0.368 e. The van der Waals surface area contributed by atoms with Crippen molar-refractivity contribution in [1.29, 1.82) is 5.26 Å². The van der Waals surface area contributed by atoms with E-state index < -0.39 is 0 Å². The second kappa shape index (κ2) is 9.01. The quantitative estimate of drug-likeness (QED) is 0.446. The number of tetrazole rings is 1. The number of nitrogens with zero attached hydrogens (tertiary/aromatic N) is 5. The van der Waals surface area contributed by atoms with Crippen molar-refractivity contribution in [2.24, 2.45) is 7.05 Å². The molecule has 1 aromatic heterocycles. The lowest BCUT2D eigenvalue weighted by Crippen LogP contribution is -2.23. The molecule has 0 aliphatic carbocycles. The van der Waals surface area contributed by atoms with Crippen LogP contribution in [0, 0.1) is 32.1 Å². The molecule has 4 aromatic rings. The lowest BCUT2D eigenvalue weighted by Gasteiger charge is -2.16. The second-order valence-corrected chi connectivity index (χ2v) is 7.75. The molecule has 0 fully saturated rings. The zero-order valence-corrected chi connectivity index (χ0v) is 18.9. The van der Waals surface area contributed by atoms with Crippen LogP contribution < -0.4 is 15.2 Å². The summed E-state index contributed by atoms with van der Waals surface area (Å²) in [6.45, 7) is 6.08. The molecule has 3 aromatic carbocycles. The fourth-order valence-electron chi connectivity index (χ4n) is 3.48. The summed E-state index contributed by atoms with van der Waals surface area (Å²) in [4.78, 5) is 12.4. The van der Waals surface area contributed by atoms with E-state index in [1.807, 2.05) is 57.2 Å². The van der Waals surface area contributed by atoms with E-state index in [1.54, 1.807) is 25.2 Å². The topological polar surface area (TPSA) is 95.0 Å². The molecule has 0 radical (unpaired) electrons. The van der Waals surface area contributed by atoms with Crippen molar-refractivity contribution in [3.8, 4) is 29.0 Å². The van der Waals surface area contributed by atoms with E-state index in [2.05, 4.69) is 16.5 Å². The molecule has 166 valence electrons. The Hall–Kier alpha value is -4.38. The van der Waals surface area contributed by atoms with Crippen molar-refractivity contribution >= 4 is 0 Å². The van der Waals surface area contributed by atoms with Crippen molar-refractivity contribution in [2.75, 3.05) is 0 Å². The predicted octanol–water partition coefficient (Wildman–Crippen LogP) is 4.13. The van der Waals surface area contributed by atoms with Crippen LogP contribution in [0.1, 0.15) is 27.8 Å². The van der Waals surface area contributed by atoms with Gasteiger partial charge in [-0.1, -0.05) is 24.3 Å². The van der Waals surface area contributed by atoms with Crippen LogP contribution in [0.3, 0.4) is 0 Å². The number of hydrogen-bond donors (Lipinski definition) is 0. The van der Waals surface area contributed by atoms with Crippen molar-refractivity contribution in [2.45, 2.75) is 27.4 Å². The van der Waals surface area contributed by atoms with E-state index in [0.717, 1.165) is 22.3 Å². The SMILES string of the molecule is Cc1cc(Oc2ccccc2C#N)c(C)cc1OCc1c(C)cccc1-n1nnn(C)c1=O. The van der Waals surface area contributed by atoms with Crippen LogP contribution in [0.15, 0.2) is 59.4 Å².